The third-order valence-electron chi connectivity index (χ3n) is 10.9. The van der Waals surface area contributed by atoms with Crippen LogP contribution in [0.4, 0.5) is 0 Å². The summed E-state index contributed by atoms with van der Waals surface area (Å²) in [4.78, 5) is 4.96. The van der Waals surface area contributed by atoms with Gasteiger partial charge in [0, 0.05) is 46.5 Å². The average Bonchev–Trinajstić information content (AvgIpc) is 3.69. The quantitative estimate of drug-likeness (QED) is 0.157. The van der Waals surface area contributed by atoms with E-state index >= 15 is 0 Å². The second-order valence-electron chi connectivity index (χ2n) is 14.3. The smallest absolute Gasteiger partial charge is 0.0355 e. The van der Waals surface area contributed by atoms with Crippen LogP contribution in [0.3, 0.4) is 0 Å². The number of pyridine rings is 1. The van der Waals surface area contributed by atoms with Crippen LogP contribution in [0.5, 0.6) is 0 Å². The summed E-state index contributed by atoms with van der Waals surface area (Å²) >= 11 is 1.85. The van der Waals surface area contributed by atoms with Gasteiger partial charge < -0.3 is 4.98 Å². The van der Waals surface area contributed by atoms with Crippen molar-refractivity contribution in [2.75, 3.05) is 0 Å². The van der Waals surface area contributed by atoms with Gasteiger partial charge in [-0.3, -0.25) is 0 Å². The van der Waals surface area contributed by atoms with Crippen molar-refractivity contribution in [2.45, 2.75) is 19.3 Å². The largest absolute Gasteiger partial charge is 0.304 e. The molecule has 0 aliphatic heterocycles. The van der Waals surface area contributed by atoms with Crippen LogP contribution < -0.4 is 0 Å². The van der Waals surface area contributed by atoms with E-state index in [2.05, 4.69) is 184 Å². The van der Waals surface area contributed by atoms with Crippen LogP contribution in [0.25, 0.3) is 87.1 Å². The maximum atomic E-state index is 4.96. The molecule has 0 bridgehead atoms. The topological polar surface area (TPSA) is 12.9 Å². The van der Waals surface area contributed by atoms with Crippen molar-refractivity contribution in [1.82, 2.24) is 4.98 Å². The van der Waals surface area contributed by atoms with Crippen molar-refractivity contribution >= 4 is 31.5 Å². The van der Waals surface area contributed by atoms with Gasteiger partial charge in [0.05, 0.1) is 0 Å². The number of thiophene rings is 1. The van der Waals surface area contributed by atoms with Gasteiger partial charge in [-0.15, -0.1) is 40.7 Å². The van der Waals surface area contributed by atoms with Crippen molar-refractivity contribution in [3.63, 3.8) is 0 Å². The molecule has 2 heterocycles. The monoisotopic (exact) mass is 873 g/mol. The molecule has 0 amide bonds. The van der Waals surface area contributed by atoms with Crippen LogP contribution in [0.15, 0.2) is 170 Å². The van der Waals surface area contributed by atoms with Crippen molar-refractivity contribution in [2.24, 2.45) is 0 Å². The van der Waals surface area contributed by atoms with Crippen LogP contribution in [0.1, 0.15) is 25.0 Å². The fourth-order valence-electron chi connectivity index (χ4n) is 8.04. The number of nitrogens with zero attached hydrogens (tertiary/aromatic N) is 1. The number of fused-ring (bicyclic) bond motifs is 6. The summed E-state index contributed by atoms with van der Waals surface area (Å²) in [7, 11) is 0. The molecule has 0 spiro atoms. The molecule has 255 valence electrons. The molecule has 9 aromatic rings. The molecule has 10 rings (SSSR count). The van der Waals surface area contributed by atoms with Gasteiger partial charge in [0.2, 0.25) is 0 Å². The van der Waals surface area contributed by atoms with E-state index in [1.54, 1.807) is 0 Å². The van der Waals surface area contributed by atoms with E-state index in [9.17, 15) is 0 Å². The minimum Gasteiger partial charge on any atom is -0.304 e. The van der Waals surface area contributed by atoms with Gasteiger partial charge in [-0.2, -0.15) is 0 Å². The second kappa shape index (κ2) is 13.2. The Morgan fingerprint density at radius 1 is 0.472 bits per heavy atom. The summed E-state index contributed by atoms with van der Waals surface area (Å²) in [5.74, 6) is 0. The Morgan fingerprint density at radius 3 is 1.66 bits per heavy atom. The molecule has 1 aliphatic carbocycles. The molecule has 0 fully saturated rings. The van der Waals surface area contributed by atoms with Gasteiger partial charge in [-0.05, 0) is 97.6 Å². The van der Waals surface area contributed by atoms with E-state index in [1.807, 2.05) is 17.5 Å². The predicted molar refractivity (Wildman–Crippen MR) is 221 cm³/mol. The van der Waals surface area contributed by atoms with Crippen molar-refractivity contribution in [1.29, 1.82) is 0 Å². The minimum atomic E-state index is -0.0500. The van der Waals surface area contributed by atoms with Crippen molar-refractivity contribution < 1.29 is 20.1 Å². The Balaban J connectivity index is 0.00000372. The third-order valence-corrected chi connectivity index (χ3v) is 12.0. The SMILES string of the molecule is CC1(C)c2ccccc2-c2c[c-]c(-c3ccc(-c4ccc5sc6ccc(-c7cccc(-c8cccc(-c9ccccc9)c8)c7)cc6c5c4)cn3)cc21.[Ir]. The second-order valence-corrected chi connectivity index (χ2v) is 15.4. The summed E-state index contributed by atoms with van der Waals surface area (Å²) in [6.07, 6.45) is 2.01. The summed E-state index contributed by atoms with van der Waals surface area (Å²) in [6.45, 7) is 4.63. The summed E-state index contributed by atoms with van der Waals surface area (Å²) in [5, 5.41) is 2.57. The first-order valence-electron chi connectivity index (χ1n) is 17.9. The zero-order valence-corrected chi connectivity index (χ0v) is 32.6. The molecule has 7 aromatic carbocycles. The fourth-order valence-corrected chi connectivity index (χ4v) is 9.10. The average molecular weight is 873 g/mol. The summed E-state index contributed by atoms with van der Waals surface area (Å²) in [5.41, 5.74) is 16.9. The minimum absolute atomic E-state index is 0. The molecule has 0 atom stereocenters. The van der Waals surface area contributed by atoms with Gasteiger partial charge in [-0.25, -0.2) is 0 Å². The van der Waals surface area contributed by atoms with Gasteiger partial charge in [-0.1, -0.05) is 140 Å². The number of hydrogen-bond acceptors (Lipinski definition) is 2. The van der Waals surface area contributed by atoms with E-state index in [4.69, 9.17) is 4.98 Å². The molecule has 53 heavy (non-hydrogen) atoms. The standard InChI is InChI=1S/C50H34NS.Ir/c1-50(2)45-17-7-6-16-41(45)42-22-18-39(30-46(42)50)47-23-19-40(31-51-47)38-21-25-49-44(29-38)43-28-37(20-24-48(43)52-49)36-15-9-14-35(27-36)34-13-8-12-33(26-34)32-10-4-3-5-11-32;/h3-17,19-31H,1-2H3;/q-1;. The Labute approximate surface area is 328 Å². The Kier molecular flexibility index (Phi) is 8.32. The first kappa shape index (κ1) is 33.4. The number of aromatic nitrogens is 1. The molecule has 0 unspecified atom stereocenters. The molecule has 0 saturated carbocycles. The zero-order chi connectivity index (χ0) is 34.8. The normalized spacial score (nSPS) is 12.7. The molecule has 3 heteroatoms. The molecular weight excluding hydrogens is 839 g/mol. The first-order valence-corrected chi connectivity index (χ1v) is 18.7. The van der Waals surface area contributed by atoms with Crippen LogP contribution >= 0.6 is 11.3 Å². The Hall–Kier alpha value is -5.44. The van der Waals surface area contributed by atoms with E-state index in [1.165, 1.54) is 81.4 Å². The van der Waals surface area contributed by atoms with Gasteiger partial charge >= 0.3 is 0 Å². The third kappa shape index (κ3) is 5.77. The molecule has 1 aliphatic rings. The number of hydrogen-bond donors (Lipinski definition) is 0. The Bertz CT molecular complexity index is 2810. The number of benzene rings is 7. The molecule has 2 aromatic heterocycles. The van der Waals surface area contributed by atoms with Crippen molar-refractivity contribution in [3.8, 4) is 66.9 Å². The van der Waals surface area contributed by atoms with Crippen molar-refractivity contribution in [3.05, 3.63) is 187 Å². The molecular formula is C50H34IrNS-. The van der Waals surface area contributed by atoms with E-state index in [0.29, 0.717) is 0 Å². The molecule has 0 saturated heterocycles. The summed E-state index contributed by atoms with van der Waals surface area (Å²) < 4.78 is 2.59. The van der Waals surface area contributed by atoms with Crippen LogP contribution in [0.2, 0.25) is 0 Å². The maximum absolute atomic E-state index is 4.96. The van der Waals surface area contributed by atoms with Crippen LogP contribution in [-0.4, -0.2) is 4.98 Å². The van der Waals surface area contributed by atoms with E-state index in [-0.39, 0.29) is 25.5 Å². The van der Waals surface area contributed by atoms with Gasteiger partial charge in [0.1, 0.15) is 0 Å². The molecule has 1 radical (unpaired) electrons. The van der Waals surface area contributed by atoms with E-state index in [0.717, 1.165) is 16.8 Å². The van der Waals surface area contributed by atoms with Crippen LogP contribution in [0, 0.1) is 6.07 Å². The Morgan fingerprint density at radius 2 is 1.02 bits per heavy atom. The van der Waals surface area contributed by atoms with Gasteiger partial charge in [0.15, 0.2) is 0 Å². The molecule has 1 nitrogen and oxygen atoms in total. The van der Waals surface area contributed by atoms with Gasteiger partial charge in [0.25, 0.3) is 0 Å². The van der Waals surface area contributed by atoms with E-state index < -0.39 is 0 Å². The molecule has 0 N–H and O–H groups in total. The predicted octanol–water partition coefficient (Wildman–Crippen LogP) is 13.9. The maximum Gasteiger partial charge on any atom is 0.0355 e. The first-order chi connectivity index (χ1) is 25.5. The zero-order valence-electron chi connectivity index (χ0n) is 29.4. The fraction of sp³-hybridized carbons (Fsp3) is 0.0600. The van der Waals surface area contributed by atoms with Crippen LogP contribution in [-0.2, 0) is 25.5 Å². The number of rotatable bonds is 5. The summed E-state index contributed by atoms with van der Waals surface area (Å²) in [6, 6.07) is 63.1.